The first kappa shape index (κ1) is 20.7. The number of nitrogens with one attached hydrogen (secondary N) is 2. The van der Waals surface area contributed by atoms with Gasteiger partial charge in [-0.3, -0.25) is 15.5 Å². The van der Waals surface area contributed by atoms with Crippen molar-refractivity contribution in [2.75, 3.05) is 10.7 Å². The number of halogens is 3. The first-order chi connectivity index (χ1) is 14.7. The van der Waals surface area contributed by atoms with E-state index in [0.29, 0.717) is 11.8 Å². The molecule has 6 nitrogen and oxygen atoms in total. The summed E-state index contributed by atoms with van der Waals surface area (Å²) in [6.07, 6.45) is -4.67. The molecule has 10 heteroatoms. The van der Waals surface area contributed by atoms with Crippen LogP contribution in [0.5, 0.6) is 0 Å². The average molecular weight is 444 g/mol. The predicted octanol–water partition coefficient (Wildman–Crippen LogP) is 6.66. The van der Waals surface area contributed by atoms with Crippen LogP contribution in [0.2, 0.25) is 0 Å². The molecule has 0 bridgehead atoms. The fourth-order valence-corrected chi connectivity index (χ4v) is 3.99. The fourth-order valence-electron chi connectivity index (χ4n) is 3.03. The van der Waals surface area contributed by atoms with Crippen LogP contribution in [-0.2, 0) is 6.18 Å². The van der Waals surface area contributed by atoms with Gasteiger partial charge in [-0.15, -0.1) is 0 Å². The molecule has 4 rings (SSSR count). The van der Waals surface area contributed by atoms with Gasteiger partial charge in [-0.1, -0.05) is 30.0 Å². The fraction of sp³-hybridized carbons (Fsp3) is 0.0952. The van der Waals surface area contributed by atoms with Crippen LogP contribution < -0.4 is 10.7 Å². The minimum absolute atomic E-state index is 0.127. The molecule has 0 radical (unpaired) electrons. The van der Waals surface area contributed by atoms with Crippen molar-refractivity contribution < 1.29 is 18.1 Å². The van der Waals surface area contributed by atoms with Crippen molar-refractivity contribution in [1.82, 2.24) is 0 Å². The Hall–Kier alpha value is -3.53. The number of fused-ring (bicyclic) bond motifs is 2. The lowest BCUT2D eigenvalue weighted by Crippen LogP contribution is -2.07. The monoisotopic (exact) mass is 444 g/mol. The number of nitrogens with zero attached hydrogens (tertiary/aromatic N) is 2. The number of hydrogen-bond acceptors (Lipinski definition) is 6. The number of hydrazone groups is 1. The maximum absolute atomic E-state index is 12.9. The molecule has 0 atom stereocenters. The maximum atomic E-state index is 12.9. The Labute approximate surface area is 179 Å². The second-order valence-electron chi connectivity index (χ2n) is 6.73. The Morgan fingerprint density at radius 1 is 1.06 bits per heavy atom. The zero-order valence-electron chi connectivity index (χ0n) is 16.0. The lowest BCUT2D eigenvalue weighted by atomic mass is 10.1. The molecule has 31 heavy (non-hydrogen) atoms. The molecule has 0 saturated heterocycles. The van der Waals surface area contributed by atoms with E-state index in [1.807, 2.05) is 42.5 Å². The van der Waals surface area contributed by atoms with E-state index in [0.717, 1.165) is 38.9 Å². The molecule has 0 spiro atoms. The largest absolute Gasteiger partial charge is 0.416 e. The van der Waals surface area contributed by atoms with Crippen LogP contribution in [0.1, 0.15) is 18.1 Å². The number of nitro benzene ring substituents is 1. The van der Waals surface area contributed by atoms with Crippen molar-refractivity contribution in [3.8, 4) is 0 Å². The van der Waals surface area contributed by atoms with Gasteiger partial charge in [-0.25, -0.2) is 0 Å². The summed E-state index contributed by atoms with van der Waals surface area (Å²) in [7, 11) is 0. The third-order valence-corrected chi connectivity index (χ3v) is 5.79. The van der Waals surface area contributed by atoms with E-state index in [1.165, 1.54) is 0 Å². The van der Waals surface area contributed by atoms with Gasteiger partial charge in [0.15, 0.2) is 0 Å². The van der Waals surface area contributed by atoms with Crippen molar-refractivity contribution >= 4 is 40.2 Å². The number of hydrogen-bond donors (Lipinski definition) is 2. The van der Waals surface area contributed by atoms with Gasteiger partial charge < -0.3 is 5.32 Å². The second-order valence-corrected chi connectivity index (χ2v) is 7.81. The summed E-state index contributed by atoms with van der Waals surface area (Å²) in [6.45, 7) is 1.70. The first-order valence-electron chi connectivity index (χ1n) is 9.06. The molecule has 0 amide bonds. The minimum atomic E-state index is -4.67. The molecular formula is C21H15F3N4O2S. The zero-order valence-corrected chi connectivity index (χ0v) is 16.8. The van der Waals surface area contributed by atoms with E-state index in [1.54, 1.807) is 18.7 Å². The Morgan fingerprint density at radius 2 is 1.81 bits per heavy atom. The van der Waals surface area contributed by atoms with Crippen molar-refractivity contribution in [3.05, 3.63) is 81.9 Å². The van der Waals surface area contributed by atoms with Gasteiger partial charge in [-0.2, -0.15) is 18.3 Å². The summed E-state index contributed by atoms with van der Waals surface area (Å²) in [4.78, 5) is 12.5. The molecule has 0 aliphatic carbocycles. The van der Waals surface area contributed by atoms with E-state index >= 15 is 0 Å². The lowest BCUT2D eigenvalue weighted by molar-refractivity contribution is -0.384. The van der Waals surface area contributed by atoms with Crippen molar-refractivity contribution in [2.45, 2.75) is 22.9 Å². The van der Waals surface area contributed by atoms with Gasteiger partial charge in [-0.05, 0) is 48.9 Å². The quantitative estimate of drug-likeness (QED) is 0.209. The third kappa shape index (κ3) is 4.33. The van der Waals surface area contributed by atoms with Crippen LogP contribution >= 0.6 is 11.8 Å². The SMILES string of the molecule is CC(=NNc1ccc(C(F)(F)F)cc1[N+](=O)[O-])c1ccc2c(c1)Nc1ccccc1S2. The highest BCUT2D eigenvalue weighted by molar-refractivity contribution is 7.99. The maximum Gasteiger partial charge on any atom is 0.416 e. The van der Waals surface area contributed by atoms with Crippen molar-refractivity contribution in [1.29, 1.82) is 0 Å². The zero-order chi connectivity index (χ0) is 22.2. The van der Waals surface area contributed by atoms with Gasteiger partial charge in [0, 0.05) is 15.9 Å². The van der Waals surface area contributed by atoms with Crippen LogP contribution in [0.15, 0.2) is 75.6 Å². The van der Waals surface area contributed by atoms with Crippen LogP contribution in [0.3, 0.4) is 0 Å². The molecule has 3 aromatic carbocycles. The van der Waals surface area contributed by atoms with Crippen molar-refractivity contribution in [3.63, 3.8) is 0 Å². The Bertz CT molecular complexity index is 1210. The van der Waals surface area contributed by atoms with E-state index in [9.17, 15) is 23.3 Å². The number of benzene rings is 3. The summed E-state index contributed by atoms with van der Waals surface area (Å²) in [6, 6.07) is 15.9. The van der Waals surface area contributed by atoms with E-state index in [4.69, 9.17) is 0 Å². The molecule has 1 aliphatic heterocycles. The normalized spacial score (nSPS) is 13.1. The Balaban J connectivity index is 1.58. The summed E-state index contributed by atoms with van der Waals surface area (Å²) in [5.41, 5.74) is 3.76. The van der Waals surface area contributed by atoms with Gasteiger partial charge in [0.25, 0.3) is 5.69 Å². The highest BCUT2D eigenvalue weighted by Crippen LogP contribution is 2.44. The summed E-state index contributed by atoms with van der Waals surface area (Å²) >= 11 is 1.64. The highest BCUT2D eigenvalue weighted by atomic mass is 32.2. The molecule has 1 heterocycles. The highest BCUT2D eigenvalue weighted by Gasteiger charge is 2.33. The number of para-hydroxylation sites is 1. The summed E-state index contributed by atoms with van der Waals surface area (Å²) < 4.78 is 38.6. The molecular weight excluding hydrogens is 429 g/mol. The second kappa shape index (κ2) is 7.95. The molecule has 0 aromatic heterocycles. The molecule has 3 aromatic rings. The van der Waals surface area contributed by atoms with Gasteiger partial charge in [0.1, 0.15) is 5.69 Å². The molecule has 0 fully saturated rings. The average Bonchev–Trinajstić information content (AvgIpc) is 2.74. The lowest BCUT2D eigenvalue weighted by Gasteiger charge is -2.21. The number of rotatable bonds is 4. The van der Waals surface area contributed by atoms with E-state index < -0.39 is 22.4 Å². The van der Waals surface area contributed by atoms with Crippen LogP contribution in [-0.4, -0.2) is 10.6 Å². The van der Waals surface area contributed by atoms with Crippen LogP contribution in [0, 0.1) is 10.1 Å². The molecule has 0 saturated carbocycles. The van der Waals surface area contributed by atoms with Gasteiger partial charge >= 0.3 is 6.18 Å². The topological polar surface area (TPSA) is 79.6 Å². The van der Waals surface area contributed by atoms with Gasteiger partial charge in [0.05, 0.1) is 27.6 Å². The third-order valence-electron chi connectivity index (χ3n) is 4.64. The number of nitro groups is 1. The first-order valence-corrected chi connectivity index (χ1v) is 9.88. The molecule has 158 valence electrons. The van der Waals surface area contributed by atoms with E-state index in [2.05, 4.69) is 15.8 Å². The number of alkyl halides is 3. The van der Waals surface area contributed by atoms with Crippen molar-refractivity contribution in [2.24, 2.45) is 5.10 Å². The Morgan fingerprint density at radius 3 is 2.55 bits per heavy atom. The smallest absolute Gasteiger partial charge is 0.354 e. The Kier molecular flexibility index (Phi) is 5.32. The number of anilines is 3. The summed E-state index contributed by atoms with van der Waals surface area (Å²) in [5.74, 6) is 0. The van der Waals surface area contributed by atoms with Crippen LogP contribution in [0.4, 0.5) is 35.9 Å². The summed E-state index contributed by atoms with van der Waals surface area (Å²) in [5, 5.41) is 18.7. The molecule has 2 N–H and O–H groups in total. The molecule has 1 aliphatic rings. The minimum Gasteiger partial charge on any atom is -0.354 e. The standard InChI is InChI=1S/C21H15F3N4O2S/c1-12(26-27-15-8-7-14(21(22,23)24)11-18(15)28(29)30)13-6-9-20-17(10-13)25-16-4-2-3-5-19(16)31-20/h2-11,25,27H,1H3. The molecule has 0 unspecified atom stereocenters. The van der Waals surface area contributed by atoms with Crippen LogP contribution in [0.25, 0.3) is 0 Å². The van der Waals surface area contributed by atoms with E-state index in [-0.39, 0.29) is 5.69 Å². The van der Waals surface area contributed by atoms with Gasteiger partial charge in [0.2, 0.25) is 0 Å². The predicted molar refractivity (Wildman–Crippen MR) is 114 cm³/mol.